The third-order valence-corrected chi connectivity index (χ3v) is 2.97. The molecule has 7 heteroatoms. The minimum absolute atomic E-state index is 0.172. The molecule has 1 fully saturated rings. The number of amides is 3. The lowest BCUT2D eigenvalue weighted by Crippen LogP contribution is -2.49. The monoisotopic (exact) mass is 285 g/mol. The summed E-state index contributed by atoms with van der Waals surface area (Å²) in [5.41, 5.74) is 5.15. The van der Waals surface area contributed by atoms with E-state index in [0.717, 1.165) is 12.8 Å². The second-order valence-electron chi connectivity index (χ2n) is 5.74. The molecule has 7 nitrogen and oxygen atoms in total. The van der Waals surface area contributed by atoms with Crippen molar-refractivity contribution in [2.24, 2.45) is 17.6 Å². The molecular weight excluding hydrogens is 262 g/mol. The number of hydrogen-bond acceptors (Lipinski definition) is 3. The van der Waals surface area contributed by atoms with E-state index in [1.54, 1.807) is 0 Å². The Hall–Kier alpha value is -1.79. The minimum atomic E-state index is -1.05. The molecule has 1 rings (SSSR count). The van der Waals surface area contributed by atoms with E-state index in [0.29, 0.717) is 19.0 Å². The molecule has 0 aromatic carbocycles. The Morgan fingerprint density at radius 2 is 1.80 bits per heavy atom. The van der Waals surface area contributed by atoms with E-state index < -0.39 is 17.9 Å². The van der Waals surface area contributed by atoms with Gasteiger partial charge in [-0.1, -0.05) is 13.8 Å². The van der Waals surface area contributed by atoms with Crippen molar-refractivity contribution in [2.45, 2.75) is 26.7 Å². The smallest absolute Gasteiger partial charge is 0.323 e. The van der Waals surface area contributed by atoms with Crippen LogP contribution in [0.15, 0.2) is 0 Å². The van der Waals surface area contributed by atoms with Gasteiger partial charge in [0.2, 0.25) is 5.91 Å². The van der Waals surface area contributed by atoms with Gasteiger partial charge in [0.15, 0.2) is 0 Å². The summed E-state index contributed by atoms with van der Waals surface area (Å²) >= 11 is 0. The second-order valence-corrected chi connectivity index (χ2v) is 5.74. The maximum Gasteiger partial charge on any atom is 0.323 e. The fraction of sp³-hybridized carbons (Fsp3) is 0.769. The molecular formula is C13H23N3O4. The first-order valence-electron chi connectivity index (χ1n) is 6.83. The standard InChI is InChI=1S/C13H23N3O4/c1-9(2)5-15(7-11(14)17)13(20)16(8-12(18)19)6-10-3-4-10/h9-10H,3-8H2,1-2H3,(H2,14,17)(H,18,19). The quantitative estimate of drug-likeness (QED) is 0.671. The van der Waals surface area contributed by atoms with Crippen LogP contribution in [-0.2, 0) is 9.59 Å². The van der Waals surface area contributed by atoms with E-state index >= 15 is 0 Å². The van der Waals surface area contributed by atoms with E-state index in [1.807, 2.05) is 13.8 Å². The molecule has 1 aliphatic rings. The van der Waals surface area contributed by atoms with Crippen molar-refractivity contribution in [1.82, 2.24) is 9.80 Å². The molecule has 0 saturated heterocycles. The number of carbonyl (C=O) groups excluding carboxylic acids is 2. The van der Waals surface area contributed by atoms with Gasteiger partial charge < -0.3 is 20.6 Å². The summed E-state index contributed by atoms with van der Waals surface area (Å²) in [4.78, 5) is 37.0. The molecule has 0 aromatic rings. The van der Waals surface area contributed by atoms with Gasteiger partial charge in [-0.05, 0) is 24.7 Å². The zero-order valence-electron chi connectivity index (χ0n) is 12.0. The number of carboxylic acid groups (broad SMARTS) is 1. The summed E-state index contributed by atoms with van der Waals surface area (Å²) in [5, 5.41) is 8.91. The molecule has 114 valence electrons. The number of primary amides is 1. The summed E-state index contributed by atoms with van der Waals surface area (Å²) in [6, 6.07) is -0.424. The predicted molar refractivity (Wildman–Crippen MR) is 72.9 cm³/mol. The van der Waals surface area contributed by atoms with E-state index in [4.69, 9.17) is 10.8 Å². The zero-order valence-corrected chi connectivity index (χ0v) is 12.0. The molecule has 0 heterocycles. The molecule has 3 N–H and O–H groups in total. The summed E-state index contributed by atoms with van der Waals surface area (Å²) in [7, 11) is 0. The van der Waals surface area contributed by atoms with Crippen molar-refractivity contribution in [3.05, 3.63) is 0 Å². The summed E-state index contributed by atoms with van der Waals surface area (Å²) in [6.07, 6.45) is 2.03. The number of rotatable bonds is 8. The Kier molecular flexibility index (Phi) is 5.79. The van der Waals surface area contributed by atoms with Gasteiger partial charge in [0.1, 0.15) is 13.1 Å². The average molecular weight is 285 g/mol. The molecule has 0 unspecified atom stereocenters. The van der Waals surface area contributed by atoms with Crippen molar-refractivity contribution in [3.8, 4) is 0 Å². The summed E-state index contributed by atoms with van der Waals surface area (Å²) < 4.78 is 0. The molecule has 20 heavy (non-hydrogen) atoms. The first kappa shape index (κ1) is 16.3. The van der Waals surface area contributed by atoms with Crippen LogP contribution in [-0.4, -0.2) is 59.0 Å². The highest BCUT2D eigenvalue weighted by Gasteiger charge is 2.30. The van der Waals surface area contributed by atoms with Crippen LogP contribution in [0.2, 0.25) is 0 Å². The van der Waals surface area contributed by atoms with Crippen molar-refractivity contribution in [2.75, 3.05) is 26.2 Å². The lowest BCUT2D eigenvalue weighted by Gasteiger charge is -2.30. The van der Waals surface area contributed by atoms with Gasteiger partial charge in [-0.25, -0.2) is 4.79 Å². The number of nitrogens with zero attached hydrogens (tertiary/aromatic N) is 2. The maximum absolute atomic E-state index is 12.4. The molecule has 0 radical (unpaired) electrons. The SMILES string of the molecule is CC(C)CN(CC(N)=O)C(=O)N(CC(=O)O)CC1CC1. The van der Waals surface area contributed by atoms with Crippen molar-refractivity contribution >= 4 is 17.9 Å². The Labute approximate surface area is 118 Å². The summed E-state index contributed by atoms with van der Waals surface area (Å²) in [6.45, 7) is 4.12. The molecule has 0 bridgehead atoms. The number of aliphatic carboxylic acids is 1. The number of urea groups is 1. The number of hydrogen-bond donors (Lipinski definition) is 2. The van der Waals surface area contributed by atoms with Crippen LogP contribution in [0.25, 0.3) is 0 Å². The van der Waals surface area contributed by atoms with Gasteiger partial charge >= 0.3 is 12.0 Å². The topological polar surface area (TPSA) is 104 Å². The van der Waals surface area contributed by atoms with E-state index in [1.165, 1.54) is 9.80 Å². The van der Waals surface area contributed by atoms with Crippen LogP contribution in [0.3, 0.4) is 0 Å². The van der Waals surface area contributed by atoms with Crippen LogP contribution in [0.5, 0.6) is 0 Å². The highest BCUT2D eigenvalue weighted by Crippen LogP contribution is 2.30. The molecule has 1 saturated carbocycles. The summed E-state index contributed by atoms with van der Waals surface area (Å²) in [5.74, 6) is -1.10. The average Bonchev–Trinajstić information content (AvgIpc) is 3.08. The Morgan fingerprint density at radius 3 is 2.20 bits per heavy atom. The van der Waals surface area contributed by atoms with Crippen LogP contribution in [0.4, 0.5) is 4.79 Å². The predicted octanol–water partition coefficient (Wildman–Crippen LogP) is 0.346. The van der Waals surface area contributed by atoms with E-state index in [-0.39, 0.29) is 19.0 Å². The van der Waals surface area contributed by atoms with Crippen molar-refractivity contribution in [1.29, 1.82) is 0 Å². The second kappa shape index (κ2) is 7.12. The van der Waals surface area contributed by atoms with E-state index in [9.17, 15) is 14.4 Å². The third kappa shape index (κ3) is 5.90. The Balaban J connectivity index is 2.73. The van der Waals surface area contributed by atoms with Gasteiger partial charge in [0.25, 0.3) is 0 Å². The molecule has 0 atom stereocenters. The van der Waals surface area contributed by atoms with Crippen LogP contribution >= 0.6 is 0 Å². The molecule has 1 aliphatic carbocycles. The largest absolute Gasteiger partial charge is 0.480 e. The molecule has 0 spiro atoms. The lowest BCUT2D eigenvalue weighted by atomic mass is 10.2. The fourth-order valence-electron chi connectivity index (χ4n) is 2.02. The van der Waals surface area contributed by atoms with Gasteiger partial charge in [0, 0.05) is 13.1 Å². The van der Waals surface area contributed by atoms with Crippen LogP contribution < -0.4 is 5.73 Å². The minimum Gasteiger partial charge on any atom is -0.480 e. The molecule has 3 amide bonds. The fourth-order valence-corrected chi connectivity index (χ4v) is 2.02. The number of carboxylic acids is 1. The first-order valence-corrected chi connectivity index (χ1v) is 6.83. The molecule has 0 aromatic heterocycles. The first-order chi connectivity index (χ1) is 9.29. The molecule has 0 aliphatic heterocycles. The third-order valence-electron chi connectivity index (χ3n) is 2.97. The maximum atomic E-state index is 12.4. The van der Waals surface area contributed by atoms with Crippen LogP contribution in [0.1, 0.15) is 26.7 Å². The van der Waals surface area contributed by atoms with Crippen molar-refractivity contribution in [3.63, 3.8) is 0 Å². The Bertz CT molecular complexity index is 354. The number of nitrogens with two attached hydrogens (primary N) is 1. The zero-order chi connectivity index (χ0) is 15.3. The normalized spacial score (nSPS) is 14.2. The van der Waals surface area contributed by atoms with Gasteiger partial charge in [0.05, 0.1) is 0 Å². The van der Waals surface area contributed by atoms with Gasteiger partial charge in [-0.15, -0.1) is 0 Å². The van der Waals surface area contributed by atoms with E-state index in [2.05, 4.69) is 0 Å². The van der Waals surface area contributed by atoms with Gasteiger partial charge in [-0.2, -0.15) is 0 Å². The van der Waals surface area contributed by atoms with Gasteiger partial charge in [-0.3, -0.25) is 9.59 Å². The Morgan fingerprint density at radius 1 is 1.20 bits per heavy atom. The number of carbonyl (C=O) groups is 3. The van der Waals surface area contributed by atoms with Crippen LogP contribution in [0, 0.1) is 11.8 Å². The lowest BCUT2D eigenvalue weighted by molar-refractivity contribution is -0.137. The van der Waals surface area contributed by atoms with Crippen molar-refractivity contribution < 1.29 is 19.5 Å². The highest BCUT2D eigenvalue weighted by molar-refractivity contribution is 5.85. The highest BCUT2D eigenvalue weighted by atomic mass is 16.4.